The highest BCUT2D eigenvalue weighted by molar-refractivity contribution is 5.65. The first-order chi connectivity index (χ1) is 5.81. The quantitative estimate of drug-likeness (QED) is 0.664. The van der Waals surface area contributed by atoms with Crippen LogP contribution in [0, 0.1) is 0 Å². The molecule has 0 aromatic rings. The van der Waals surface area contributed by atoms with Crippen molar-refractivity contribution in [3.8, 4) is 0 Å². The van der Waals surface area contributed by atoms with Gasteiger partial charge in [-0.2, -0.15) is 0 Å². The Labute approximate surface area is 78.8 Å². The normalized spacial score (nSPS) is 13.9. The van der Waals surface area contributed by atoms with E-state index in [2.05, 4.69) is 4.74 Å². The van der Waals surface area contributed by atoms with Crippen molar-refractivity contribution in [3.05, 3.63) is 0 Å². The maximum absolute atomic E-state index is 10.4. The van der Waals surface area contributed by atoms with E-state index in [4.69, 9.17) is 4.74 Å². The van der Waals surface area contributed by atoms with Gasteiger partial charge in [0, 0.05) is 6.92 Å². The molecule has 0 fully saturated rings. The highest BCUT2D eigenvalue weighted by Gasteiger charge is 2.14. The molecule has 4 heteroatoms. The number of carbonyl (C=O) groups excluding carboxylic acids is 1. The lowest BCUT2D eigenvalue weighted by Gasteiger charge is -2.21. The highest BCUT2D eigenvalue weighted by atomic mass is 16.5. The first-order valence-electron chi connectivity index (χ1n) is 4.26. The lowest BCUT2D eigenvalue weighted by Crippen LogP contribution is -2.29. The third-order valence-corrected chi connectivity index (χ3v) is 1.19. The number of hydrogen-bond acceptors (Lipinski definition) is 4. The number of hydrogen-bond donors (Lipinski definition) is 1. The van der Waals surface area contributed by atoms with Crippen LogP contribution in [0.15, 0.2) is 0 Å². The van der Waals surface area contributed by atoms with Crippen LogP contribution in [0.3, 0.4) is 0 Å². The van der Waals surface area contributed by atoms with E-state index >= 15 is 0 Å². The van der Waals surface area contributed by atoms with Gasteiger partial charge in [-0.3, -0.25) is 4.79 Å². The molecular formula is C9H18O4. The fourth-order valence-electron chi connectivity index (χ4n) is 0.608. The predicted molar refractivity (Wildman–Crippen MR) is 48.3 cm³/mol. The maximum Gasteiger partial charge on any atom is 0.302 e. The number of aliphatic hydroxyl groups is 1. The molecule has 1 atom stereocenters. The van der Waals surface area contributed by atoms with Gasteiger partial charge in [0.05, 0.1) is 12.2 Å². The molecule has 0 amide bonds. The van der Waals surface area contributed by atoms with E-state index in [1.54, 1.807) is 0 Å². The Balaban J connectivity index is 3.52. The maximum atomic E-state index is 10.4. The van der Waals surface area contributed by atoms with E-state index in [0.29, 0.717) is 0 Å². The summed E-state index contributed by atoms with van der Waals surface area (Å²) in [6, 6.07) is 0. The van der Waals surface area contributed by atoms with Crippen molar-refractivity contribution in [1.29, 1.82) is 0 Å². The van der Waals surface area contributed by atoms with Crippen molar-refractivity contribution < 1.29 is 19.4 Å². The zero-order valence-electron chi connectivity index (χ0n) is 8.66. The van der Waals surface area contributed by atoms with Crippen LogP contribution >= 0.6 is 0 Å². The van der Waals surface area contributed by atoms with Crippen molar-refractivity contribution >= 4 is 5.97 Å². The Kier molecular flexibility index (Phi) is 4.95. The molecule has 0 aromatic carbocycles. The summed E-state index contributed by atoms with van der Waals surface area (Å²) < 4.78 is 9.88. The van der Waals surface area contributed by atoms with Gasteiger partial charge in [0.15, 0.2) is 0 Å². The predicted octanol–water partition coefficient (Wildman–Crippen LogP) is 0.725. The Bertz CT molecular complexity index is 159. The minimum atomic E-state index is -0.747. The van der Waals surface area contributed by atoms with E-state index in [0.717, 1.165) is 0 Å². The molecule has 78 valence electrons. The molecule has 0 radical (unpaired) electrons. The van der Waals surface area contributed by atoms with Gasteiger partial charge >= 0.3 is 5.97 Å². The number of rotatable bonds is 4. The molecule has 0 aliphatic carbocycles. The van der Waals surface area contributed by atoms with Crippen molar-refractivity contribution in [1.82, 2.24) is 0 Å². The van der Waals surface area contributed by atoms with Gasteiger partial charge in [0.25, 0.3) is 0 Å². The van der Waals surface area contributed by atoms with E-state index in [9.17, 15) is 9.90 Å². The second-order valence-electron chi connectivity index (χ2n) is 3.88. The van der Waals surface area contributed by atoms with Crippen molar-refractivity contribution in [2.45, 2.75) is 39.4 Å². The van der Waals surface area contributed by atoms with Gasteiger partial charge in [0.1, 0.15) is 12.7 Å². The first kappa shape index (κ1) is 12.4. The topological polar surface area (TPSA) is 55.8 Å². The van der Waals surface area contributed by atoms with Crippen LogP contribution in [0.25, 0.3) is 0 Å². The zero-order valence-corrected chi connectivity index (χ0v) is 8.66. The van der Waals surface area contributed by atoms with Crippen LogP contribution in [0.4, 0.5) is 0 Å². The molecule has 0 heterocycles. The van der Waals surface area contributed by atoms with Crippen LogP contribution in [0.5, 0.6) is 0 Å². The first-order valence-corrected chi connectivity index (χ1v) is 4.26. The summed E-state index contributed by atoms with van der Waals surface area (Å²) in [5.74, 6) is -0.394. The van der Waals surface area contributed by atoms with Gasteiger partial charge in [-0.1, -0.05) is 0 Å². The van der Waals surface area contributed by atoms with Crippen LogP contribution < -0.4 is 0 Å². The Morgan fingerprint density at radius 2 is 1.92 bits per heavy atom. The largest absolute Gasteiger partial charge is 0.463 e. The SMILES string of the molecule is CC(=O)OCC(O)COC(C)(C)C. The molecule has 4 nitrogen and oxygen atoms in total. The molecule has 0 spiro atoms. The molecule has 0 bridgehead atoms. The summed E-state index contributed by atoms with van der Waals surface area (Å²) in [4.78, 5) is 10.4. The summed E-state index contributed by atoms with van der Waals surface area (Å²) in [7, 11) is 0. The van der Waals surface area contributed by atoms with Crippen molar-refractivity contribution in [2.75, 3.05) is 13.2 Å². The molecule has 0 saturated heterocycles. The minimum Gasteiger partial charge on any atom is -0.463 e. The highest BCUT2D eigenvalue weighted by Crippen LogP contribution is 2.06. The number of esters is 1. The van der Waals surface area contributed by atoms with E-state index < -0.39 is 12.1 Å². The Hall–Kier alpha value is -0.610. The minimum absolute atomic E-state index is 0.00852. The smallest absolute Gasteiger partial charge is 0.302 e. The fraction of sp³-hybridized carbons (Fsp3) is 0.889. The van der Waals surface area contributed by atoms with E-state index in [1.807, 2.05) is 20.8 Å². The average molecular weight is 190 g/mol. The Morgan fingerprint density at radius 3 is 2.31 bits per heavy atom. The third-order valence-electron chi connectivity index (χ3n) is 1.19. The standard InChI is InChI=1S/C9H18O4/c1-7(10)12-5-8(11)6-13-9(2,3)4/h8,11H,5-6H2,1-4H3. The van der Waals surface area contributed by atoms with Crippen molar-refractivity contribution in [2.24, 2.45) is 0 Å². The summed E-state index contributed by atoms with van der Waals surface area (Å²) in [6.45, 7) is 7.15. The van der Waals surface area contributed by atoms with Gasteiger partial charge < -0.3 is 14.6 Å². The van der Waals surface area contributed by atoms with E-state index in [1.165, 1.54) is 6.92 Å². The molecule has 1 N–H and O–H groups in total. The zero-order chi connectivity index (χ0) is 10.5. The molecule has 0 aliphatic heterocycles. The average Bonchev–Trinajstić information content (AvgIpc) is 1.95. The van der Waals surface area contributed by atoms with Gasteiger partial charge in [-0.25, -0.2) is 0 Å². The lowest BCUT2D eigenvalue weighted by atomic mass is 10.2. The van der Waals surface area contributed by atoms with Crippen molar-refractivity contribution in [3.63, 3.8) is 0 Å². The van der Waals surface area contributed by atoms with E-state index in [-0.39, 0.29) is 18.8 Å². The molecular weight excluding hydrogens is 172 g/mol. The molecule has 0 saturated carbocycles. The second-order valence-corrected chi connectivity index (χ2v) is 3.88. The Morgan fingerprint density at radius 1 is 1.38 bits per heavy atom. The summed E-state index contributed by atoms with van der Waals surface area (Å²) in [5.41, 5.74) is -0.281. The number of aliphatic hydroxyl groups excluding tert-OH is 1. The van der Waals surface area contributed by atoms with Crippen LogP contribution in [0.2, 0.25) is 0 Å². The lowest BCUT2D eigenvalue weighted by molar-refractivity contribution is -0.146. The molecule has 0 aromatic heterocycles. The third kappa shape index (κ3) is 9.30. The molecule has 0 aliphatic rings. The summed E-state index contributed by atoms with van der Waals surface area (Å²) in [5, 5.41) is 9.26. The van der Waals surface area contributed by atoms with Crippen LogP contribution in [0.1, 0.15) is 27.7 Å². The van der Waals surface area contributed by atoms with Crippen LogP contribution in [-0.4, -0.2) is 36.0 Å². The monoisotopic (exact) mass is 190 g/mol. The van der Waals surface area contributed by atoms with Gasteiger partial charge in [-0.05, 0) is 20.8 Å². The molecule has 1 unspecified atom stereocenters. The summed E-state index contributed by atoms with van der Waals surface area (Å²) >= 11 is 0. The van der Waals surface area contributed by atoms with Gasteiger partial charge in [-0.15, -0.1) is 0 Å². The fourth-order valence-corrected chi connectivity index (χ4v) is 0.608. The number of ether oxygens (including phenoxy) is 2. The second kappa shape index (κ2) is 5.19. The van der Waals surface area contributed by atoms with Crippen LogP contribution in [-0.2, 0) is 14.3 Å². The summed E-state index contributed by atoms with van der Waals surface area (Å²) in [6.07, 6.45) is -0.747. The van der Waals surface area contributed by atoms with Gasteiger partial charge in [0.2, 0.25) is 0 Å². The number of carbonyl (C=O) groups is 1. The molecule has 13 heavy (non-hydrogen) atoms. The molecule has 0 rings (SSSR count).